The molecule has 108 valence electrons. The minimum atomic E-state index is -0.267. The Morgan fingerprint density at radius 2 is 2.00 bits per heavy atom. The standard InChI is InChI=1S/C15H19ClN2OS/c1-10-6-2-5-9-13(10)17-15(20)18-14(19)11-7-3-4-8-12(11)16/h3-4,7-8,10,13H,2,5-6,9H2,1H3,(H2,17,18,19,20)/t10-,13+/m0/s1. The van der Waals surface area contributed by atoms with Crippen LogP contribution in [0.1, 0.15) is 43.0 Å². The summed E-state index contributed by atoms with van der Waals surface area (Å²) >= 11 is 11.2. The summed E-state index contributed by atoms with van der Waals surface area (Å²) < 4.78 is 0. The average molecular weight is 311 g/mol. The molecule has 2 rings (SSSR count). The smallest absolute Gasteiger partial charge is 0.258 e. The molecule has 5 heteroatoms. The van der Waals surface area contributed by atoms with Crippen LogP contribution in [0.5, 0.6) is 0 Å². The van der Waals surface area contributed by atoms with Crippen LogP contribution in [-0.4, -0.2) is 17.1 Å². The molecular formula is C15H19ClN2OS. The molecule has 1 aromatic carbocycles. The van der Waals surface area contributed by atoms with Gasteiger partial charge in [0.05, 0.1) is 10.6 Å². The highest BCUT2D eigenvalue weighted by Gasteiger charge is 2.22. The molecule has 0 unspecified atom stereocenters. The van der Waals surface area contributed by atoms with E-state index in [1.54, 1.807) is 24.3 Å². The first-order chi connectivity index (χ1) is 9.58. The number of rotatable bonds is 2. The summed E-state index contributed by atoms with van der Waals surface area (Å²) in [4.78, 5) is 12.1. The van der Waals surface area contributed by atoms with Crippen molar-refractivity contribution in [3.63, 3.8) is 0 Å². The molecule has 1 aliphatic carbocycles. The number of amides is 1. The van der Waals surface area contributed by atoms with E-state index in [4.69, 9.17) is 23.8 Å². The van der Waals surface area contributed by atoms with E-state index in [9.17, 15) is 4.79 Å². The highest BCUT2D eigenvalue weighted by molar-refractivity contribution is 7.80. The molecule has 2 atom stereocenters. The molecule has 1 amide bonds. The molecule has 3 nitrogen and oxygen atoms in total. The number of carbonyl (C=O) groups excluding carboxylic acids is 1. The summed E-state index contributed by atoms with van der Waals surface area (Å²) in [5, 5.41) is 6.76. The molecule has 0 aliphatic heterocycles. The maximum atomic E-state index is 12.1. The first kappa shape index (κ1) is 15.3. The zero-order chi connectivity index (χ0) is 14.5. The van der Waals surface area contributed by atoms with Crippen molar-refractivity contribution in [1.82, 2.24) is 10.6 Å². The Hall–Kier alpha value is -1.13. The lowest BCUT2D eigenvalue weighted by atomic mass is 9.86. The summed E-state index contributed by atoms with van der Waals surface area (Å²) in [6, 6.07) is 7.29. The predicted octanol–water partition coefficient (Wildman–Crippen LogP) is 3.52. The van der Waals surface area contributed by atoms with E-state index < -0.39 is 0 Å². The summed E-state index contributed by atoms with van der Waals surface area (Å²) in [6.45, 7) is 2.22. The number of carbonyl (C=O) groups is 1. The number of benzene rings is 1. The van der Waals surface area contributed by atoms with Gasteiger partial charge in [0.1, 0.15) is 0 Å². The van der Waals surface area contributed by atoms with Gasteiger partial charge in [0.25, 0.3) is 5.91 Å². The fourth-order valence-electron chi connectivity index (χ4n) is 2.55. The van der Waals surface area contributed by atoms with E-state index >= 15 is 0 Å². The molecule has 0 radical (unpaired) electrons. The van der Waals surface area contributed by atoms with Crippen molar-refractivity contribution in [2.45, 2.75) is 38.6 Å². The summed E-state index contributed by atoms with van der Waals surface area (Å²) in [7, 11) is 0. The van der Waals surface area contributed by atoms with Gasteiger partial charge in [-0.2, -0.15) is 0 Å². The Morgan fingerprint density at radius 1 is 1.30 bits per heavy atom. The van der Waals surface area contributed by atoms with Crippen molar-refractivity contribution in [2.24, 2.45) is 5.92 Å². The van der Waals surface area contributed by atoms with Gasteiger partial charge in [-0.05, 0) is 43.1 Å². The van der Waals surface area contributed by atoms with Crippen LogP contribution < -0.4 is 10.6 Å². The second kappa shape index (κ2) is 7.04. The topological polar surface area (TPSA) is 41.1 Å². The van der Waals surface area contributed by atoms with Crippen LogP contribution in [-0.2, 0) is 0 Å². The van der Waals surface area contributed by atoms with E-state index in [2.05, 4.69) is 17.6 Å². The van der Waals surface area contributed by atoms with Crippen molar-refractivity contribution in [1.29, 1.82) is 0 Å². The van der Waals surface area contributed by atoms with Crippen molar-refractivity contribution >= 4 is 34.8 Å². The van der Waals surface area contributed by atoms with Crippen LogP contribution in [0.15, 0.2) is 24.3 Å². The van der Waals surface area contributed by atoms with Crippen molar-refractivity contribution in [3.05, 3.63) is 34.9 Å². The van der Waals surface area contributed by atoms with Crippen molar-refractivity contribution in [3.8, 4) is 0 Å². The fraction of sp³-hybridized carbons (Fsp3) is 0.467. The molecule has 0 aromatic heterocycles. The van der Waals surface area contributed by atoms with E-state index in [0.29, 0.717) is 27.7 Å². The van der Waals surface area contributed by atoms with Gasteiger partial charge >= 0.3 is 0 Å². The molecule has 20 heavy (non-hydrogen) atoms. The van der Waals surface area contributed by atoms with Crippen LogP contribution >= 0.6 is 23.8 Å². The molecule has 1 fully saturated rings. The van der Waals surface area contributed by atoms with Gasteiger partial charge in [-0.25, -0.2) is 0 Å². The molecule has 1 aromatic rings. The van der Waals surface area contributed by atoms with E-state index in [1.165, 1.54) is 19.3 Å². The number of nitrogens with one attached hydrogen (secondary N) is 2. The SMILES string of the molecule is C[C@H]1CCCC[C@H]1NC(=S)NC(=O)c1ccccc1Cl. The summed E-state index contributed by atoms with van der Waals surface area (Å²) in [6.07, 6.45) is 4.79. The Kier molecular flexibility index (Phi) is 5.38. The molecule has 0 heterocycles. The van der Waals surface area contributed by atoms with Gasteiger partial charge in [-0.1, -0.05) is 43.5 Å². The van der Waals surface area contributed by atoms with E-state index in [0.717, 1.165) is 6.42 Å². The second-order valence-corrected chi connectivity index (χ2v) is 6.09. The minimum absolute atomic E-state index is 0.267. The monoisotopic (exact) mass is 310 g/mol. The lowest BCUT2D eigenvalue weighted by Gasteiger charge is -2.30. The third-order valence-corrected chi connectivity index (χ3v) is 4.32. The van der Waals surface area contributed by atoms with Crippen LogP contribution in [0, 0.1) is 5.92 Å². The van der Waals surface area contributed by atoms with Gasteiger partial charge in [0.2, 0.25) is 0 Å². The van der Waals surface area contributed by atoms with Gasteiger partial charge in [0.15, 0.2) is 5.11 Å². The zero-order valence-electron chi connectivity index (χ0n) is 11.5. The van der Waals surface area contributed by atoms with Crippen LogP contribution in [0.4, 0.5) is 0 Å². The number of thiocarbonyl (C=S) groups is 1. The first-order valence-electron chi connectivity index (χ1n) is 6.94. The Balaban J connectivity index is 1.91. The predicted molar refractivity (Wildman–Crippen MR) is 86.1 cm³/mol. The van der Waals surface area contributed by atoms with E-state index in [1.807, 2.05) is 0 Å². The maximum Gasteiger partial charge on any atom is 0.258 e. The molecule has 1 aliphatic rings. The minimum Gasteiger partial charge on any atom is -0.359 e. The molecule has 0 spiro atoms. The lowest BCUT2D eigenvalue weighted by Crippen LogP contribution is -2.47. The quantitative estimate of drug-likeness (QED) is 0.821. The van der Waals surface area contributed by atoms with Gasteiger partial charge in [0, 0.05) is 6.04 Å². The zero-order valence-corrected chi connectivity index (χ0v) is 13.1. The van der Waals surface area contributed by atoms with Gasteiger partial charge < -0.3 is 5.32 Å². The highest BCUT2D eigenvalue weighted by atomic mass is 35.5. The fourth-order valence-corrected chi connectivity index (χ4v) is 3.02. The van der Waals surface area contributed by atoms with Gasteiger partial charge in [-0.3, -0.25) is 10.1 Å². The van der Waals surface area contributed by atoms with Crippen molar-refractivity contribution < 1.29 is 4.79 Å². The Labute approximate surface area is 130 Å². The molecule has 1 saturated carbocycles. The maximum absolute atomic E-state index is 12.1. The number of halogens is 1. The third-order valence-electron chi connectivity index (χ3n) is 3.77. The average Bonchev–Trinajstić information content (AvgIpc) is 2.41. The molecule has 0 bridgehead atoms. The molecule has 2 N–H and O–H groups in total. The highest BCUT2D eigenvalue weighted by Crippen LogP contribution is 2.23. The van der Waals surface area contributed by atoms with Crippen LogP contribution in [0.2, 0.25) is 5.02 Å². The molecule has 0 saturated heterocycles. The largest absolute Gasteiger partial charge is 0.359 e. The van der Waals surface area contributed by atoms with Crippen LogP contribution in [0.3, 0.4) is 0 Å². The summed E-state index contributed by atoms with van der Waals surface area (Å²) in [5.41, 5.74) is 0.440. The second-order valence-electron chi connectivity index (χ2n) is 5.28. The number of hydrogen-bond donors (Lipinski definition) is 2. The third kappa shape index (κ3) is 3.93. The Bertz CT molecular complexity index is 506. The summed E-state index contributed by atoms with van der Waals surface area (Å²) in [5.74, 6) is 0.315. The van der Waals surface area contributed by atoms with Crippen molar-refractivity contribution in [2.75, 3.05) is 0 Å². The van der Waals surface area contributed by atoms with Gasteiger partial charge in [-0.15, -0.1) is 0 Å². The normalized spacial score (nSPS) is 22.1. The molecular weight excluding hydrogens is 292 g/mol. The van der Waals surface area contributed by atoms with Crippen LogP contribution in [0.25, 0.3) is 0 Å². The number of hydrogen-bond acceptors (Lipinski definition) is 2. The Morgan fingerprint density at radius 3 is 2.70 bits per heavy atom. The lowest BCUT2D eigenvalue weighted by molar-refractivity contribution is 0.0976. The first-order valence-corrected chi connectivity index (χ1v) is 7.73. The van der Waals surface area contributed by atoms with E-state index in [-0.39, 0.29) is 5.91 Å².